The molecule has 0 bridgehead atoms. The summed E-state index contributed by atoms with van der Waals surface area (Å²) in [7, 11) is 0. The highest BCUT2D eigenvalue weighted by atomic mass is 79.9. The highest BCUT2D eigenvalue weighted by Crippen LogP contribution is 2.34. The molecule has 0 aliphatic carbocycles. The Hall–Kier alpha value is -1.24. The number of nitrogens with zero attached hydrogens (tertiary/aromatic N) is 1. The van der Waals surface area contributed by atoms with E-state index in [1.807, 2.05) is 4.90 Å². The summed E-state index contributed by atoms with van der Waals surface area (Å²) in [5.41, 5.74) is 0.697. The van der Waals surface area contributed by atoms with Gasteiger partial charge in [0.2, 0.25) is 0 Å². The van der Waals surface area contributed by atoms with Crippen LogP contribution in [0.1, 0.15) is 6.42 Å². The van der Waals surface area contributed by atoms with Crippen molar-refractivity contribution in [3.63, 3.8) is 0 Å². The molecule has 1 aliphatic rings. The van der Waals surface area contributed by atoms with Gasteiger partial charge in [0.05, 0.1) is 11.0 Å². The Kier molecular flexibility index (Phi) is 3.52. The second-order valence-electron chi connectivity index (χ2n) is 3.87. The van der Waals surface area contributed by atoms with Crippen molar-refractivity contribution in [3.05, 3.63) is 22.7 Å². The minimum atomic E-state index is -4.71. The van der Waals surface area contributed by atoms with Gasteiger partial charge in [-0.15, -0.1) is 13.2 Å². The molecule has 7 heteroatoms. The van der Waals surface area contributed by atoms with Crippen LogP contribution in [-0.4, -0.2) is 25.2 Å². The molecule has 1 heterocycles. The van der Waals surface area contributed by atoms with Gasteiger partial charge in [0.15, 0.2) is 5.78 Å². The zero-order valence-electron chi connectivity index (χ0n) is 9.13. The SMILES string of the molecule is O=C1CCN(c2ccc(OC(F)(F)F)c(Br)c2)C1. The summed E-state index contributed by atoms with van der Waals surface area (Å²) in [5.74, 6) is -0.168. The number of ketones is 1. The van der Waals surface area contributed by atoms with Gasteiger partial charge in [-0.05, 0) is 34.1 Å². The number of Topliss-reactive ketones (excluding diaryl/α,β-unsaturated/α-hetero) is 1. The van der Waals surface area contributed by atoms with Crippen LogP contribution < -0.4 is 9.64 Å². The van der Waals surface area contributed by atoms with Crippen LogP contribution in [0.15, 0.2) is 22.7 Å². The third-order valence-electron chi connectivity index (χ3n) is 2.53. The van der Waals surface area contributed by atoms with Crippen LogP contribution in [0.25, 0.3) is 0 Å². The molecule has 0 unspecified atom stereocenters. The fourth-order valence-electron chi connectivity index (χ4n) is 1.74. The number of benzene rings is 1. The Labute approximate surface area is 110 Å². The minimum Gasteiger partial charge on any atom is -0.405 e. The van der Waals surface area contributed by atoms with Gasteiger partial charge in [-0.1, -0.05) is 0 Å². The Morgan fingerprint density at radius 2 is 2.06 bits per heavy atom. The predicted molar refractivity (Wildman–Crippen MR) is 62.7 cm³/mol. The second kappa shape index (κ2) is 4.79. The van der Waals surface area contributed by atoms with Gasteiger partial charge in [0, 0.05) is 18.7 Å². The standard InChI is InChI=1S/C11H9BrF3NO2/c12-9-5-7(16-4-3-8(17)6-16)1-2-10(9)18-11(13,14)15/h1-2,5H,3-4,6H2. The van der Waals surface area contributed by atoms with Crippen molar-refractivity contribution in [1.82, 2.24) is 0 Å². The number of anilines is 1. The van der Waals surface area contributed by atoms with E-state index in [1.165, 1.54) is 18.2 Å². The molecule has 98 valence electrons. The first kappa shape index (κ1) is 13.2. The molecule has 0 N–H and O–H groups in total. The number of hydrogen-bond acceptors (Lipinski definition) is 3. The summed E-state index contributed by atoms with van der Waals surface area (Å²) in [6.07, 6.45) is -4.24. The highest BCUT2D eigenvalue weighted by Gasteiger charge is 2.32. The lowest BCUT2D eigenvalue weighted by atomic mass is 10.3. The number of ether oxygens (including phenoxy) is 1. The van der Waals surface area contributed by atoms with Gasteiger partial charge in [0.1, 0.15) is 5.75 Å². The fraction of sp³-hybridized carbons (Fsp3) is 0.364. The number of rotatable bonds is 2. The van der Waals surface area contributed by atoms with E-state index in [1.54, 1.807) is 0 Å². The lowest BCUT2D eigenvalue weighted by Crippen LogP contribution is -2.20. The molecule has 0 spiro atoms. The quantitative estimate of drug-likeness (QED) is 0.837. The Balaban J connectivity index is 2.17. The predicted octanol–water partition coefficient (Wildman–Crippen LogP) is 3.13. The molecule has 1 saturated heterocycles. The molecule has 1 aliphatic heterocycles. The van der Waals surface area contributed by atoms with Crippen LogP contribution in [0, 0.1) is 0 Å². The third kappa shape index (κ3) is 3.16. The number of hydrogen-bond donors (Lipinski definition) is 0. The topological polar surface area (TPSA) is 29.5 Å². The number of carbonyl (C=O) groups excluding carboxylic acids is 1. The number of carbonyl (C=O) groups is 1. The van der Waals surface area contributed by atoms with E-state index in [9.17, 15) is 18.0 Å². The number of halogens is 4. The molecular weight excluding hydrogens is 315 g/mol. The summed E-state index contributed by atoms with van der Waals surface area (Å²) in [6.45, 7) is 0.886. The van der Waals surface area contributed by atoms with E-state index < -0.39 is 6.36 Å². The zero-order valence-corrected chi connectivity index (χ0v) is 10.7. The lowest BCUT2D eigenvalue weighted by Gasteiger charge is -2.18. The van der Waals surface area contributed by atoms with Crippen LogP contribution in [0.3, 0.4) is 0 Å². The first-order valence-electron chi connectivity index (χ1n) is 5.17. The first-order valence-corrected chi connectivity index (χ1v) is 5.96. The Bertz CT molecular complexity index is 476. The van der Waals surface area contributed by atoms with Crippen molar-refractivity contribution in [2.24, 2.45) is 0 Å². The van der Waals surface area contributed by atoms with E-state index in [0.29, 0.717) is 25.2 Å². The average Bonchev–Trinajstić information content (AvgIpc) is 2.66. The molecule has 3 nitrogen and oxygen atoms in total. The normalized spacial score (nSPS) is 16.2. The van der Waals surface area contributed by atoms with Crippen LogP contribution in [0.5, 0.6) is 5.75 Å². The van der Waals surface area contributed by atoms with Crippen LogP contribution in [-0.2, 0) is 4.79 Å². The summed E-state index contributed by atoms with van der Waals surface area (Å²) in [5, 5.41) is 0. The minimum absolute atomic E-state index is 0.127. The van der Waals surface area contributed by atoms with E-state index in [4.69, 9.17) is 0 Å². The Morgan fingerprint density at radius 1 is 1.33 bits per heavy atom. The zero-order chi connectivity index (χ0) is 13.3. The summed E-state index contributed by atoms with van der Waals surface area (Å²) in [4.78, 5) is 12.9. The molecule has 18 heavy (non-hydrogen) atoms. The maximum absolute atomic E-state index is 12.1. The molecule has 2 rings (SSSR count). The summed E-state index contributed by atoms with van der Waals surface area (Å²) < 4.78 is 40.3. The molecule has 1 aromatic rings. The van der Waals surface area contributed by atoms with Crippen LogP contribution in [0.4, 0.5) is 18.9 Å². The molecule has 1 fully saturated rings. The van der Waals surface area contributed by atoms with Gasteiger partial charge in [0.25, 0.3) is 0 Å². The maximum Gasteiger partial charge on any atom is 0.573 e. The van der Waals surface area contributed by atoms with E-state index >= 15 is 0 Å². The van der Waals surface area contributed by atoms with Crippen molar-refractivity contribution in [2.75, 3.05) is 18.0 Å². The van der Waals surface area contributed by atoms with Gasteiger partial charge in [-0.25, -0.2) is 0 Å². The maximum atomic E-state index is 12.1. The first-order chi connectivity index (χ1) is 8.35. The van der Waals surface area contributed by atoms with Crippen molar-refractivity contribution >= 4 is 27.4 Å². The van der Waals surface area contributed by atoms with Crippen LogP contribution in [0.2, 0.25) is 0 Å². The molecule has 0 atom stereocenters. The average molecular weight is 324 g/mol. The van der Waals surface area contributed by atoms with Gasteiger partial charge >= 0.3 is 6.36 Å². The second-order valence-corrected chi connectivity index (χ2v) is 4.73. The van der Waals surface area contributed by atoms with Crippen molar-refractivity contribution < 1.29 is 22.7 Å². The lowest BCUT2D eigenvalue weighted by molar-refractivity contribution is -0.274. The van der Waals surface area contributed by atoms with Gasteiger partial charge in [-0.3, -0.25) is 4.79 Å². The Morgan fingerprint density at radius 3 is 2.56 bits per heavy atom. The van der Waals surface area contributed by atoms with Crippen molar-refractivity contribution in [2.45, 2.75) is 12.8 Å². The van der Waals surface area contributed by atoms with Crippen molar-refractivity contribution in [3.8, 4) is 5.75 Å². The highest BCUT2D eigenvalue weighted by molar-refractivity contribution is 9.10. The largest absolute Gasteiger partial charge is 0.573 e. The van der Waals surface area contributed by atoms with Crippen LogP contribution >= 0.6 is 15.9 Å². The smallest absolute Gasteiger partial charge is 0.405 e. The van der Waals surface area contributed by atoms with Gasteiger partial charge < -0.3 is 9.64 Å². The third-order valence-corrected chi connectivity index (χ3v) is 3.15. The van der Waals surface area contributed by atoms with Crippen molar-refractivity contribution in [1.29, 1.82) is 0 Å². The molecular formula is C11H9BrF3NO2. The molecule has 0 saturated carbocycles. The molecule has 0 aromatic heterocycles. The summed E-state index contributed by atoms with van der Waals surface area (Å²) >= 11 is 3.03. The van der Waals surface area contributed by atoms with E-state index in [0.717, 1.165) is 0 Å². The molecule has 0 amide bonds. The van der Waals surface area contributed by atoms with E-state index in [-0.39, 0.29) is 16.0 Å². The monoisotopic (exact) mass is 323 g/mol. The molecule has 1 aromatic carbocycles. The van der Waals surface area contributed by atoms with Gasteiger partial charge in [-0.2, -0.15) is 0 Å². The molecule has 0 radical (unpaired) electrons. The summed E-state index contributed by atoms with van der Waals surface area (Å²) in [6, 6.07) is 4.25. The fourth-order valence-corrected chi connectivity index (χ4v) is 2.19. The number of alkyl halides is 3. The van der Waals surface area contributed by atoms with E-state index in [2.05, 4.69) is 20.7 Å².